The standard InChI is InChI=1S/C18H34N4OS/c23-17(12-5-8-19-9-6-12)21-14-4-2-1-3-13(14)18-22-15-7-10-20-11-16(15)24-18/h12-23H,1-11H2. The van der Waals surface area contributed by atoms with Gasteiger partial charge in [-0.3, -0.25) is 5.32 Å². The van der Waals surface area contributed by atoms with Crippen molar-refractivity contribution in [2.24, 2.45) is 11.8 Å². The highest BCUT2D eigenvalue weighted by Gasteiger charge is 2.42. The summed E-state index contributed by atoms with van der Waals surface area (Å²) in [5, 5.41) is 26.6. The molecular formula is C18H34N4OS. The molecule has 1 saturated carbocycles. The van der Waals surface area contributed by atoms with Crippen LogP contribution < -0.4 is 21.3 Å². The van der Waals surface area contributed by atoms with E-state index in [0.29, 0.717) is 29.3 Å². The molecule has 1 aliphatic carbocycles. The van der Waals surface area contributed by atoms with Gasteiger partial charge in [-0.2, -0.15) is 0 Å². The second kappa shape index (κ2) is 8.23. The molecular weight excluding hydrogens is 320 g/mol. The summed E-state index contributed by atoms with van der Waals surface area (Å²) in [6.07, 6.45) is 8.30. The summed E-state index contributed by atoms with van der Waals surface area (Å²) in [6, 6.07) is 1.17. The molecule has 6 heteroatoms. The molecule has 4 fully saturated rings. The van der Waals surface area contributed by atoms with Gasteiger partial charge in [0.2, 0.25) is 0 Å². The van der Waals surface area contributed by atoms with E-state index >= 15 is 0 Å². The first kappa shape index (κ1) is 17.6. The summed E-state index contributed by atoms with van der Waals surface area (Å²) in [5.74, 6) is 1.08. The Balaban J connectivity index is 1.36. The topological polar surface area (TPSA) is 68.3 Å². The highest BCUT2D eigenvalue weighted by Crippen LogP contribution is 2.40. The lowest BCUT2D eigenvalue weighted by atomic mass is 9.83. The lowest BCUT2D eigenvalue weighted by molar-refractivity contribution is 0.0321. The molecule has 0 bridgehead atoms. The van der Waals surface area contributed by atoms with Crippen LogP contribution in [0.2, 0.25) is 0 Å². The summed E-state index contributed by atoms with van der Waals surface area (Å²) in [7, 11) is 0. The largest absolute Gasteiger partial charge is 0.378 e. The molecule has 4 rings (SSSR count). The number of rotatable bonds is 4. The van der Waals surface area contributed by atoms with E-state index < -0.39 is 0 Å². The molecule has 4 aliphatic rings. The highest BCUT2D eigenvalue weighted by atomic mass is 32.2. The predicted octanol–water partition coefficient (Wildman–Crippen LogP) is 0.846. The van der Waals surface area contributed by atoms with E-state index in [0.717, 1.165) is 44.3 Å². The van der Waals surface area contributed by atoms with Gasteiger partial charge in [0.25, 0.3) is 0 Å². The summed E-state index contributed by atoms with van der Waals surface area (Å²) in [6.45, 7) is 4.41. The molecule has 0 aromatic carbocycles. The molecule has 0 aromatic heterocycles. The van der Waals surface area contributed by atoms with Crippen molar-refractivity contribution in [2.75, 3.05) is 26.2 Å². The Morgan fingerprint density at radius 1 is 0.958 bits per heavy atom. The minimum atomic E-state index is -0.326. The zero-order valence-corrected chi connectivity index (χ0v) is 15.5. The second-order valence-corrected chi connectivity index (χ2v) is 9.50. The van der Waals surface area contributed by atoms with E-state index in [9.17, 15) is 5.11 Å². The molecule has 138 valence electrons. The van der Waals surface area contributed by atoms with Crippen molar-refractivity contribution in [1.82, 2.24) is 21.3 Å². The lowest BCUT2D eigenvalue weighted by Crippen LogP contribution is -2.53. The number of aliphatic hydroxyl groups is 1. The van der Waals surface area contributed by atoms with Crippen LogP contribution in [0.5, 0.6) is 0 Å². The molecule has 0 radical (unpaired) electrons. The number of hydrogen-bond donors (Lipinski definition) is 5. The van der Waals surface area contributed by atoms with Crippen molar-refractivity contribution in [3.63, 3.8) is 0 Å². The summed E-state index contributed by atoms with van der Waals surface area (Å²) in [4.78, 5) is 0. The Morgan fingerprint density at radius 3 is 2.58 bits per heavy atom. The maximum atomic E-state index is 10.7. The average molecular weight is 355 g/mol. The van der Waals surface area contributed by atoms with Gasteiger partial charge in [0, 0.05) is 29.8 Å². The van der Waals surface area contributed by atoms with Gasteiger partial charge < -0.3 is 21.1 Å². The van der Waals surface area contributed by atoms with Crippen LogP contribution in [0.25, 0.3) is 0 Å². The zero-order chi connectivity index (χ0) is 16.4. The summed E-state index contributed by atoms with van der Waals surface area (Å²) >= 11 is 2.16. The fraction of sp³-hybridized carbons (Fsp3) is 1.00. The molecule has 24 heavy (non-hydrogen) atoms. The summed E-state index contributed by atoms with van der Waals surface area (Å²) < 4.78 is 0. The third kappa shape index (κ3) is 3.94. The number of piperidine rings is 2. The van der Waals surface area contributed by atoms with Gasteiger partial charge in [-0.25, -0.2) is 0 Å². The first-order valence-electron chi connectivity index (χ1n) is 10.1. The van der Waals surface area contributed by atoms with Crippen molar-refractivity contribution >= 4 is 11.8 Å². The SMILES string of the molecule is OC(NC1CCCCC1C1NC2CCNCC2S1)C1CCNCC1. The molecule has 0 spiro atoms. The van der Waals surface area contributed by atoms with Crippen LogP contribution in [-0.2, 0) is 0 Å². The molecule has 3 aliphatic heterocycles. The van der Waals surface area contributed by atoms with Crippen molar-refractivity contribution < 1.29 is 5.11 Å². The van der Waals surface area contributed by atoms with Crippen LogP contribution >= 0.6 is 11.8 Å². The lowest BCUT2D eigenvalue weighted by Gasteiger charge is -2.39. The molecule has 6 unspecified atom stereocenters. The number of fused-ring (bicyclic) bond motifs is 1. The maximum Gasteiger partial charge on any atom is 0.108 e. The molecule has 3 heterocycles. The van der Waals surface area contributed by atoms with E-state index in [-0.39, 0.29) is 6.23 Å². The molecule has 0 aromatic rings. The Labute approximate surface area is 150 Å². The monoisotopic (exact) mass is 354 g/mol. The van der Waals surface area contributed by atoms with Crippen LogP contribution in [-0.4, -0.2) is 60.2 Å². The van der Waals surface area contributed by atoms with Crippen molar-refractivity contribution in [2.45, 2.75) is 73.9 Å². The van der Waals surface area contributed by atoms with E-state index in [1.807, 2.05) is 0 Å². The number of thioether (sulfide) groups is 1. The van der Waals surface area contributed by atoms with E-state index in [4.69, 9.17) is 0 Å². The number of nitrogens with one attached hydrogen (secondary N) is 4. The third-order valence-electron chi connectivity index (χ3n) is 6.55. The van der Waals surface area contributed by atoms with E-state index in [1.165, 1.54) is 32.1 Å². The van der Waals surface area contributed by atoms with Crippen LogP contribution in [0.3, 0.4) is 0 Å². The second-order valence-electron chi connectivity index (χ2n) is 8.11. The minimum Gasteiger partial charge on any atom is -0.378 e. The zero-order valence-electron chi connectivity index (χ0n) is 14.7. The fourth-order valence-electron chi connectivity index (χ4n) is 5.07. The molecule has 3 saturated heterocycles. The normalized spacial score (nSPS) is 42.6. The molecule has 0 amide bonds. The van der Waals surface area contributed by atoms with Crippen molar-refractivity contribution in [3.05, 3.63) is 0 Å². The quantitative estimate of drug-likeness (QED) is 0.482. The fourth-order valence-corrected chi connectivity index (χ4v) is 6.85. The van der Waals surface area contributed by atoms with E-state index in [1.54, 1.807) is 0 Å². The van der Waals surface area contributed by atoms with Gasteiger partial charge in [-0.1, -0.05) is 12.8 Å². The smallest absolute Gasteiger partial charge is 0.108 e. The summed E-state index contributed by atoms with van der Waals surface area (Å²) in [5.41, 5.74) is 0. The number of hydrogen-bond acceptors (Lipinski definition) is 6. The van der Waals surface area contributed by atoms with Gasteiger partial charge in [-0.05, 0) is 57.7 Å². The highest BCUT2D eigenvalue weighted by molar-refractivity contribution is 8.00. The van der Waals surface area contributed by atoms with E-state index in [2.05, 4.69) is 33.0 Å². The Bertz CT molecular complexity index is 392. The van der Waals surface area contributed by atoms with Crippen LogP contribution in [0.4, 0.5) is 0 Å². The Morgan fingerprint density at radius 2 is 1.75 bits per heavy atom. The number of aliphatic hydroxyl groups excluding tert-OH is 1. The van der Waals surface area contributed by atoms with Gasteiger partial charge >= 0.3 is 0 Å². The van der Waals surface area contributed by atoms with Gasteiger partial charge in [0.05, 0.1) is 5.37 Å². The third-order valence-corrected chi connectivity index (χ3v) is 8.17. The average Bonchev–Trinajstić information content (AvgIpc) is 3.07. The molecule has 6 atom stereocenters. The predicted molar refractivity (Wildman–Crippen MR) is 100 cm³/mol. The van der Waals surface area contributed by atoms with Crippen molar-refractivity contribution in [1.29, 1.82) is 0 Å². The first-order chi connectivity index (χ1) is 11.8. The van der Waals surface area contributed by atoms with Crippen LogP contribution in [0.1, 0.15) is 44.9 Å². The first-order valence-corrected chi connectivity index (χ1v) is 11.0. The van der Waals surface area contributed by atoms with Crippen LogP contribution in [0.15, 0.2) is 0 Å². The molecule has 5 nitrogen and oxygen atoms in total. The van der Waals surface area contributed by atoms with Gasteiger partial charge in [0.1, 0.15) is 6.23 Å². The van der Waals surface area contributed by atoms with Crippen molar-refractivity contribution in [3.8, 4) is 0 Å². The Hall–Kier alpha value is 0.150. The van der Waals surface area contributed by atoms with Crippen LogP contribution in [0, 0.1) is 11.8 Å². The minimum absolute atomic E-state index is 0.326. The van der Waals surface area contributed by atoms with Gasteiger partial charge in [0.15, 0.2) is 0 Å². The Kier molecular flexibility index (Phi) is 6.02. The van der Waals surface area contributed by atoms with Gasteiger partial charge in [-0.15, -0.1) is 11.8 Å². The maximum absolute atomic E-state index is 10.7. The molecule has 5 N–H and O–H groups in total.